The molecule has 0 spiro atoms. The fourth-order valence-electron chi connectivity index (χ4n) is 1.40. The van der Waals surface area contributed by atoms with Crippen LogP contribution in [-0.4, -0.2) is 17.4 Å². The van der Waals surface area contributed by atoms with E-state index in [0.29, 0.717) is 0 Å². The second-order valence-electron chi connectivity index (χ2n) is 3.08. The second kappa shape index (κ2) is 3.73. The third kappa shape index (κ3) is 1.44. The molecule has 0 saturated carbocycles. The van der Waals surface area contributed by atoms with Crippen molar-refractivity contribution in [1.29, 1.82) is 0 Å². The first kappa shape index (κ1) is 10.3. The molecule has 0 saturated heterocycles. The van der Waals surface area contributed by atoms with Crippen molar-refractivity contribution in [2.75, 3.05) is 12.8 Å². The fraction of sp³-hybridized carbons (Fsp3) is 0.100. The predicted molar refractivity (Wildman–Crippen MR) is 54.5 cm³/mol. The highest BCUT2D eigenvalue weighted by atomic mass is 19.1. The lowest BCUT2D eigenvalue weighted by molar-refractivity contribution is 0.372. The van der Waals surface area contributed by atoms with E-state index in [1.54, 1.807) is 0 Å². The van der Waals surface area contributed by atoms with Gasteiger partial charge in [-0.3, -0.25) is 0 Å². The van der Waals surface area contributed by atoms with Gasteiger partial charge in [-0.15, -0.1) is 0 Å². The van der Waals surface area contributed by atoms with Crippen LogP contribution in [0.4, 0.5) is 10.3 Å². The Labute approximate surface area is 90.2 Å². The molecule has 84 valence electrons. The number of halogens is 1. The summed E-state index contributed by atoms with van der Waals surface area (Å²) in [6, 6.07) is 2.48. The number of ether oxygens (including phenoxy) is 1. The van der Waals surface area contributed by atoms with Crippen molar-refractivity contribution in [3.63, 3.8) is 0 Å². The lowest BCUT2D eigenvalue weighted by Gasteiger charge is -2.08. The summed E-state index contributed by atoms with van der Waals surface area (Å²) < 4.78 is 23.1. The van der Waals surface area contributed by atoms with Crippen molar-refractivity contribution in [2.24, 2.45) is 0 Å². The second-order valence-corrected chi connectivity index (χ2v) is 3.08. The summed E-state index contributed by atoms with van der Waals surface area (Å²) in [4.78, 5) is 0. The summed E-state index contributed by atoms with van der Waals surface area (Å²) in [7, 11) is 1.37. The molecule has 0 aliphatic rings. The molecular formula is C10H9FN2O3. The maximum atomic E-state index is 13.6. The lowest BCUT2D eigenvalue weighted by atomic mass is 10.1. The zero-order valence-corrected chi connectivity index (χ0v) is 8.40. The molecule has 0 aliphatic heterocycles. The van der Waals surface area contributed by atoms with E-state index in [4.69, 9.17) is 10.5 Å². The van der Waals surface area contributed by atoms with Gasteiger partial charge in [-0.1, -0.05) is 5.16 Å². The molecule has 0 aliphatic carbocycles. The van der Waals surface area contributed by atoms with Crippen LogP contribution in [0.5, 0.6) is 11.5 Å². The third-order valence-electron chi connectivity index (χ3n) is 2.18. The number of phenols is 1. The number of rotatable bonds is 2. The SMILES string of the molecule is COc1ccc(F)c(-c2cnoc2N)c1O. The Hall–Kier alpha value is -2.24. The van der Waals surface area contributed by atoms with Crippen LogP contribution < -0.4 is 10.5 Å². The summed E-state index contributed by atoms with van der Waals surface area (Å²) in [6.45, 7) is 0. The average Bonchev–Trinajstić information content (AvgIpc) is 2.66. The molecule has 0 radical (unpaired) electrons. The van der Waals surface area contributed by atoms with Crippen LogP contribution in [0, 0.1) is 5.82 Å². The van der Waals surface area contributed by atoms with E-state index < -0.39 is 5.82 Å². The van der Waals surface area contributed by atoms with Gasteiger partial charge in [0.05, 0.1) is 24.4 Å². The number of nitrogen functional groups attached to an aromatic ring is 1. The van der Waals surface area contributed by atoms with Crippen LogP contribution in [0.2, 0.25) is 0 Å². The summed E-state index contributed by atoms with van der Waals surface area (Å²) in [6.07, 6.45) is 1.23. The number of benzene rings is 1. The Morgan fingerprint density at radius 3 is 2.81 bits per heavy atom. The number of aromatic nitrogens is 1. The molecule has 1 aromatic heterocycles. The molecule has 0 fully saturated rings. The van der Waals surface area contributed by atoms with Gasteiger partial charge in [0.1, 0.15) is 5.82 Å². The van der Waals surface area contributed by atoms with Crippen molar-refractivity contribution >= 4 is 5.88 Å². The van der Waals surface area contributed by atoms with E-state index in [2.05, 4.69) is 9.68 Å². The Morgan fingerprint density at radius 1 is 1.50 bits per heavy atom. The third-order valence-corrected chi connectivity index (χ3v) is 2.18. The van der Waals surface area contributed by atoms with Crippen LogP contribution >= 0.6 is 0 Å². The van der Waals surface area contributed by atoms with Crippen molar-refractivity contribution < 1.29 is 18.8 Å². The number of nitrogens with two attached hydrogens (primary N) is 1. The Kier molecular flexibility index (Phi) is 2.40. The highest BCUT2D eigenvalue weighted by Gasteiger charge is 2.19. The maximum absolute atomic E-state index is 13.6. The van der Waals surface area contributed by atoms with Crippen molar-refractivity contribution in [1.82, 2.24) is 5.16 Å². The molecule has 6 heteroatoms. The quantitative estimate of drug-likeness (QED) is 0.812. The Bertz CT molecular complexity index is 525. The number of hydrogen-bond donors (Lipinski definition) is 2. The van der Waals surface area contributed by atoms with E-state index in [1.165, 1.54) is 25.4 Å². The highest BCUT2D eigenvalue weighted by Crippen LogP contribution is 2.40. The number of hydrogen-bond acceptors (Lipinski definition) is 5. The molecule has 0 amide bonds. The van der Waals surface area contributed by atoms with Crippen molar-refractivity contribution in [2.45, 2.75) is 0 Å². The lowest BCUT2D eigenvalue weighted by Crippen LogP contribution is -1.92. The molecule has 5 nitrogen and oxygen atoms in total. The molecule has 3 N–H and O–H groups in total. The van der Waals surface area contributed by atoms with Crippen LogP contribution in [-0.2, 0) is 0 Å². The number of anilines is 1. The van der Waals surface area contributed by atoms with E-state index in [-0.39, 0.29) is 28.5 Å². The van der Waals surface area contributed by atoms with Gasteiger partial charge in [0, 0.05) is 0 Å². The van der Waals surface area contributed by atoms with Gasteiger partial charge >= 0.3 is 0 Å². The van der Waals surface area contributed by atoms with Gasteiger partial charge in [0.15, 0.2) is 11.5 Å². The number of phenolic OH excluding ortho intramolecular Hbond substituents is 1. The molecule has 1 aromatic carbocycles. The van der Waals surface area contributed by atoms with Gasteiger partial charge < -0.3 is 20.1 Å². The number of methoxy groups -OCH3 is 1. The van der Waals surface area contributed by atoms with E-state index >= 15 is 0 Å². The number of nitrogens with zero attached hydrogens (tertiary/aromatic N) is 1. The predicted octanol–water partition coefficient (Wildman–Crippen LogP) is 1.78. The fourth-order valence-corrected chi connectivity index (χ4v) is 1.40. The van der Waals surface area contributed by atoms with E-state index in [1.807, 2.05) is 0 Å². The minimum atomic E-state index is -0.631. The largest absolute Gasteiger partial charge is 0.504 e. The maximum Gasteiger partial charge on any atom is 0.230 e. The molecule has 1 heterocycles. The Morgan fingerprint density at radius 2 is 2.25 bits per heavy atom. The minimum Gasteiger partial charge on any atom is -0.504 e. The Balaban J connectivity index is 2.69. The smallest absolute Gasteiger partial charge is 0.230 e. The zero-order chi connectivity index (χ0) is 11.7. The first-order chi connectivity index (χ1) is 7.65. The summed E-state index contributed by atoms with van der Waals surface area (Å²) >= 11 is 0. The monoisotopic (exact) mass is 224 g/mol. The summed E-state index contributed by atoms with van der Waals surface area (Å²) in [5, 5.41) is 13.2. The van der Waals surface area contributed by atoms with Crippen molar-refractivity contribution in [3.8, 4) is 22.6 Å². The standard InChI is InChI=1S/C10H9FN2O3/c1-15-7-3-2-6(11)8(9(7)14)5-4-13-16-10(5)12/h2-4,14H,12H2,1H3. The molecule has 0 unspecified atom stereocenters. The van der Waals surface area contributed by atoms with Gasteiger partial charge in [-0.05, 0) is 12.1 Å². The molecule has 2 rings (SSSR count). The van der Waals surface area contributed by atoms with E-state index in [0.717, 1.165) is 0 Å². The van der Waals surface area contributed by atoms with Crippen LogP contribution in [0.3, 0.4) is 0 Å². The minimum absolute atomic E-state index is 0.0672. The average molecular weight is 224 g/mol. The molecule has 2 aromatic rings. The normalized spacial score (nSPS) is 10.4. The molecule has 16 heavy (non-hydrogen) atoms. The molecule has 0 atom stereocenters. The van der Waals surface area contributed by atoms with E-state index in [9.17, 15) is 9.50 Å². The van der Waals surface area contributed by atoms with Crippen molar-refractivity contribution in [3.05, 3.63) is 24.1 Å². The van der Waals surface area contributed by atoms with Crippen LogP contribution in [0.15, 0.2) is 22.9 Å². The molecular weight excluding hydrogens is 215 g/mol. The zero-order valence-electron chi connectivity index (χ0n) is 8.40. The van der Waals surface area contributed by atoms with Crippen LogP contribution in [0.1, 0.15) is 0 Å². The van der Waals surface area contributed by atoms with Gasteiger partial charge in [-0.25, -0.2) is 4.39 Å². The van der Waals surface area contributed by atoms with Gasteiger partial charge in [0.25, 0.3) is 0 Å². The first-order valence-electron chi connectivity index (χ1n) is 4.41. The van der Waals surface area contributed by atoms with Crippen LogP contribution in [0.25, 0.3) is 11.1 Å². The summed E-state index contributed by atoms with van der Waals surface area (Å²) in [5.41, 5.74) is 5.56. The highest BCUT2D eigenvalue weighted by molar-refractivity contribution is 5.79. The van der Waals surface area contributed by atoms with Gasteiger partial charge in [0.2, 0.25) is 5.88 Å². The molecule has 0 bridgehead atoms. The first-order valence-corrected chi connectivity index (χ1v) is 4.41. The summed E-state index contributed by atoms with van der Waals surface area (Å²) in [5.74, 6) is -0.884. The topological polar surface area (TPSA) is 81.5 Å². The van der Waals surface area contributed by atoms with Gasteiger partial charge in [-0.2, -0.15) is 0 Å². The number of aromatic hydroxyl groups is 1.